The SMILES string of the molecule is CC(c1ccc(F)cc1)C1(CN)CC1(C)C. The van der Waals surface area contributed by atoms with Crippen LogP contribution in [0.2, 0.25) is 0 Å². The lowest BCUT2D eigenvalue weighted by atomic mass is 9.79. The Labute approximate surface area is 96.9 Å². The first kappa shape index (κ1) is 11.6. The quantitative estimate of drug-likeness (QED) is 0.832. The van der Waals surface area contributed by atoms with E-state index in [-0.39, 0.29) is 11.2 Å². The van der Waals surface area contributed by atoms with Crippen molar-refractivity contribution in [2.75, 3.05) is 6.54 Å². The molecule has 2 N–H and O–H groups in total. The molecule has 0 spiro atoms. The molecule has 1 aliphatic rings. The highest BCUT2D eigenvalue weighted by atomic mass is 19.1. The zero-order valence-electron chi connectivity index (χ0n) is 10.3. The van der Waals surface area contributed by atoms with E-state index in [9.17, 15) is 4.39 Å². The minimum Gasteiger partial charge on any atom is -0.330 e. The van der Waals surface area contributed by atoms with Crippen molar-refractivity contribution >= 4 is 0 Å². The van der Waals surface area contributed by atoms with Crippen molar-refractivity contribution in [3.63, 3.8) is 0 Å². The van der Waals surface area contributed by atoms with Crippen molar-refractivity contribution in [3.8, 4) is 0 Å². The standard InChI is InChI=1S/C14H20FN/c1-10(11-4-6-12(15)7-5-11)14(9-16)8-13(14,2)3/h4-7,10H,8-9,16H2,1-3H3. The van der Waals surface area contributed by atoms with Crippen LogP contribution in [0.25, 0.3) is 0 Å². The predicted molar refractivity (Wildman–Crippen MR) is 64.7 cm³/mol. The highest BCUT2D eigenvalue weighted by Gasteiger charge is 2.62. The number of hydrogen-bond donors (Lipinski definition) is 1. The van der Waals surface area contributed by atoms with Gasteiger partial charge in [0.1, 0.15) is 5.82 Å². The van der Waals surface area contributed by atoms with Gasteiger partial charge in [-0.05, 0) is 47.4 Å². The topological polar surface area (TPSA) is 26.0 Å². The summed E-state index contributed by atoms with van der Waals surface area (Å²) in [6.45, 7) is 7.44. The Morgan fingerprint density at radius 2 is 1.81 bits per heavy atom. The van der Waals surface area contributed by atoms with E-state index in [1.54, 1.807) is 0 Å². The number of nitrogens with two attached hydrogens (primary N) is 1. The molecule has 2 rings (SSSR count). The fraction of sp³-hybridized carbons (Fsp3) is 0.571. The van der Waals surface area contributed by atoms with Crippen LogP contribution in [0.3, 0.4) is 0 Å². The minimum atomic E-state index is -0.173. The molecule has 0 radical (unpaired) electrons. The first-order chi connectivity index (χ1) is 7.43. The van der Waals surface area contributed by atoms with Gasteiger partial charge in [-0.2, -0.15) is 0 Å². The van der Waals surface area contributed by atoms with Gasteiger partial charge < -0.3 is 5.73 Å². The largest absolute Gasteiger partial charge is 0.330 e. The summed E-state index contributed by atoms with van der Waals surface area (Å²) in [5.74, 6) is 0.223. The predicted octanol–water partition coefficient (Wildman–Crippen LogP) is 3.30. The summed E-state index contributed by atoms with van der Waals surface area (Å²) in [6.07, 6.45) is 1.16. The van der Waals surface area contributed by atoms with Crippen molar-refractivity contribution in [1.82, 2.24) is 0 Å². The maximum Gasteiger partial charge on any atom is 0.123 e. The van der Waals surface area contributed by atoms with Crippen molar-refractivity contribution in [2.24, 2.45) is 16.6 Å². The number of benzene rings is 1. The zero-order chi connectivity index (χ0) is 12.0. The molecule has 0 bridgehead atoms. The first-order valence-corrected chi connectivity index (χ1v) is 5.88. The summed E-state index contributed by atoms with van der Waals surface area (Å²) in [7, 11) is 0. The summed E-state index contributed by atoms with van der Waals surface area (Å²) >= 11 is 0. The lowest BCUT2D eigenvalue weighted by Crippen LogP contribution is -2.26. The van der Waals surface area contributed by atoms with E-state index in [1.807, 2.05) is 12.1 Å². The molecule has 0 aromatic heterocycles. The molecule has 0 aliphatic heterocycles. The third-order valence-electron chi connectivity index (χ3n) is 4.54. The molecular formula is C14H20FN. The van der Waals surface area contributed by atoms with E-state index in [2.05, 4.69) is 20.8 Å². The van der Waals surface area contributed by atoms with Gasteiger partial charge in [-0.15, -0.1) is 0 Å². The molecule has 1 aromatic rings. The Morgan fingerprint density at radius 1 is 1.31 bits per heavy atom. The molecule has 0 saturated heterocycles. The minimum absolute atomic E-state index is 0.173. The number of rotatable bonds is 3. The Balaban J connectivity index is 2.26. The molecule has 1 nitrogen and oxygen atoms in total. The Bertz CT molecular complexity index is 382. The van der Waals surface area contributed by atoms with E-state index in [0.29, 0.717) is 17.9 Å². The smallest absolute Gasteiger partial charge is 0.123 e. The number of halogens is 1. The van der Waals surface area contributed by atoms with Gasteiger partial charge in [-0.3, -0.25) is 0 Å². The van der Waals surface area contributed by atoms with Crippen LogP contribution in [-0.2, 0) is 0 Å². The lowest BCUT2D eigenvalue weighted by Gasteiger charge is -2.26. The van der Waals surface area contributed by atoms with Crippen LogP contribution in [0.5, 0.6) is 0 Å². The molecule has 2 atom stereocenters. The average Bonchev–Trinajstić information content (AvgIpc) is 2.82. The van der Waals surface area contributed by atoms with E-state index in [1.165, 1.54) is 17.7 Å². The van der Waals surface area contributed by atoms with E-state index in [0.717, 1.165) is 6.42 Å². The van der Waals surface area contributed by atoms with Gasteiger partial charge in [0, 0.05) is 0 Å². The van der Waals surface area contributed by atoms with Crippen LogP contribution in [0, 0.1) is 16.6 Å². The van der Waals surface area contributed by atoms with E-state index >= 15 is 0 Å². The van der Waals surface area contributed by atoms with Gasteiger partial charge in [0.25, 0.3) is 0 Å². The zero-order valence-corrected chi connectivity index (χ0v) is 10.3. The van der Waals surface area contributed by atoms with Crippen LogP contribution in [0.4, 0.5) is 4.39 Å². The van der Waals surface area contributed by atoms with Crippen LogP contribution in [0.1, 0.15) is 38.7 Å². The van der Waals surface area contributed by atoms with Gasteiger partial charge in [0.2, 0.25) is 0 Å². The van der Waals surface area contributed by atoms with E-state index in [4.69, 9.17) is 5.73 Å². The van der Waals surface area contributed by atoms with Gasteiger partial charge in [0.05, 0.1) is 0 Å². The maximum absolute atomic E-state index is 12.9. The molecule has 1 aliphatic carbocycles. The third kappa shape index (κ3) is 1.56. The second-order valence-corrected chi connectivity index (χ2v) is 5.69. The fourth-order valence-electron chi connectivity index (χ4n) is 3.08. The molecule has 88 valence electrons. The van der Waals surface area contributed by atoms with Gasteiger partial charge in [-0.25, -0.2) is 4.39 Å². The average molecular weight is 221 g/mol. The second-order valence-electron chi connectivity index (χ2n) is 5.69. The first-order valence-electron chi connectivity index (χ1n) is 5.88. The third-order valence-corrected chi connectivity index (χ3v) is 4.54. The molecular weight excluding hydrogens is 201 g/mol. The Hall–Kier alpha value is -0.890. The van der Waals surface area contributed by atoms with Crippen molar-refractivity contribution in [3.05, 3.63) is 35.6 Å². The van der Waals surface area contributed by atoms with Crippen LogP contribution < -0.4 is 5.73 Å². The van der Waals surface area contributed by atoms with Crippen molar-refractivity contribution < 1.29 is 4.39 Å². The molecule has 1 saturated carbocycles. The molecule has 2 heteroatoms. The summed E-state index contributed by atoms with van der Waals surface area (Å²) in [4.78, 5) is 0. The molecule has 1 fully saturated rings. The van der Waals surface area contributed by atoms with Crippen LogP contribution >= 0.6 is 0 Å². The summed E-state index contributed by atoms with van der Waals surface area (Å²) in [6, 6.07) is 6.83. The monoisotopic (exact) mass is 221 g/mol. The Kier molecular flexibility index (Phi) is 2.58. The van der Waals surface area contributed by atoms with Crippen LogP contribution in [0.15, 0.2) is 24.3 Å². The van der Waals surface area contributed by atoms with Gasteiger partial charge in [0.15, 0.2) is 0 Å². The summed E-state index contributed by atoms with van der Waals surface area (Å²) in [5, 5.41) is 0. The van der Waals surface area contributed by atoms with Gasteiger partial charge >= 0.3 is 0 Å². The maximum atomic E-state index is 12.9. The van der Waals surface area contributed by atoms with E-state index < -0.39 is 0 Å². The lowest BCUT2D eigenvalue weighted by molar-refractivity contribution is 0.335. The van der Waals surface area contributed by atoms with Crippen LogP contribution in [-0.4, -0.2) is 6.54 Å². The molecule has 0 amide bonds. The van der Waals surface area contributed by atoms with Gasteiger partial charge in [-0.1, -0.05) is 32.9 Å². The second kappa shape index (κ2) is 3.56. The molecule has 16 heavy (non-hydrogen) atoms. The summed E-state index contributed by atoms with van der Waals surface area (Å²) < 4.78 is 12.9. The van der Waals surface area contributed by atoms with Crippen molar-refractivity contribution in [2.45, 2.75) is 33.1 Å². The number of hydrogen-bond acceptors (Lipinski definition) is 1. The summed E-state index contributed by atoms with van der Waals surface area (Å²) in [5.41, 5.74) is 7.64. The van der Waals surface area contributed by atoms with Crippen molar-refractivity contribution in [1.29, 1.82) is 0 Å². The molecule has 2 unspecified atom stereocenters. The molecule has 1 aromatic carbocycles. The molecule has 0 heterocycles. The highest BCUT2D eigenvalue weighted by molar-refractivity contribution is 5.28. The fourth-order valence-corrected chi connectivity index (χ4v) is 3.08. The normalized spacial score (nSPS) is 28.8. The Morgan fingerprint density at radius 3 is 2.19 bits per heavy atom. The highest BCUT2D eigenvalue weighted by Crippen LogP contribution is 2.69.